The van der Waals surface area contributed by atoms with Crippen molar-refractivity contribution in [3.63, 3.8) is 0 Å². The van der Waals surface area contributed by atoms with Gasteiger partial charge < -0.3 is 15.3 Å². The predicted molar refractivity (Wildman–Crippen MR) is 121 cm³/mol. The van der Waals surface area contributed by atoms with E-state index in [1.165, 1.54) is 0 Å². The highest BCUT2D eigenvalue weighted by Gasteiger charge is 2.44. The number of hydrogen-bond donors (Lipinski definition) is 3. The number of rotatable bonds is 10. The van der Waals surface area contributed by atoms with Gasteiger partial charge in [-0.3, -0.25) is 0 Å². The van der Waals surface area contributed by atoms with Crippen LogP contribution in [0.4, 0.5) is 0 Å². The summed E-state index contributed by atoms with van der Waals surface area (Å²) in [5.74, 6) is 0. The van der Waals surface area contributed by atoms with Crippen molar-refractivity contribution < 1.29 is 15.3 Å². The van der Waals surface area contributed by atoms with E-state index in [1.807, 2.05) is 91.0 Å². The Morgan fingerprint density at radius 1 is 0.633 bits per heavy atom. The van der Waals surface area contributed by atoms with Crippen molar-refractivity contribution in [2.75, 3.05) is 0 Å². The van der Waals surface area contributed by atoms with Crippen molar-refractivity contribution in [2.45, 2.75) is 56.3 Å². The van der Waals surface area contributed by atoms with E-state index in [9.17, 15) is 15.3 Å². The van der Waals surface area contributed by atoms with E-state index >= 15 is 0 Å². The third-order valence-corrected chi connectivity index (χ3v) is 5.95. The summed E-state index contributed by atoms with van der Waals surface area (Å²) in [5.41, 5.74) is 1.98. The molecule has 0 aliphatic rings. The highest BCUT2D eigenvalue weighted by molar-refractivity contribution is 5.52. The van der Waals surface area contributed by atoms with Gasteiger partial charge in [0, 0.05) is 6.42 Å². The Morgan fingerprint density at radius 2 is 1.03 bits per heavy atom. The molecular formula is C27H32O3. The maximum Gasteiger partial charge on any atom is 0.0824 e. The average Bonchev–Trinajstić information content (AvgIpc) is 2.80. The maximum atomic E-state index is 11.7. The highest BCUT2D eigenvalue weighted by atomic mass is 16.3. The van der Waals surface area contributed by atoms with E-state index < -0.39 is 23.7 Å². The van der Waals surface area contributed by atoms with E-state index in [0.29, 0.717) is 6.42 Å². The van der Waals surface area contributed by atoms with Crippen LogP contribution in [0.5, 0.6) is 0 Å². The zero-order valence-corrected chi connectivity index (χ0v) is 17.6. The summed E-state index contributed by atoms with van der Waals surface area (Å²) in [6.45, 7) is 2.05. The Morgan fingerprint density at radius 3 is 1.40 bits per heavy atom. The van der Waals surface area contributed by atoms with Crippen LogP contribution < -0.4 is 0 Å². The molecule has 3 unspecified atom stereocenters. The van der Waals surface area contributed by atoms with Crippen molar-refractivity contribution in [1.29, 1.82) is 0 Å². The molecule has 30 heavy (non-hydrogen) atoms. The lowest BCUT2D eigenvalue weighted by molar-refractivity contribution is -0.0258. The first-order valence-electron chi connectivity index (χ1n) is 10.8. The molecule has 0 fully saturated rings. The molecule has 0 aliphatic heterocycles. The maximum absolute atomic E-state index is 11.7. The molecule has 3 aromatic rings. The van der Waals surface area contributed by atoms with Gasteiger partial charge in [-0.15, -0.1) is 0 Å². The van der Waals surface area contributed by atoms with Gasteiger partial charge in [0.05, 0.1) is 23.7 Å². The number of aliphatic hydroxyl groups excluding tert-OH is 3. The van der Waals surface area contributed by atoms with E-state index in [2.05, 4.69) is 6.92 Å². The lowest BCUT2D eigenvalue weighted by atomic mass is 9.64. The minimum absolute atomic E-state index is 0.0730. The molecule has 3 nitrogen and oxygen atoms in total. The number of benzene rings is 3. The second-order valence-electron chi connectivity index (χ2n) is 7.93. The summed E-state index contributed by atoms with van der Waals surface area (Å²) in [6, 6.07) is 29.8. The van der Waals surface area contributed by atoms with Gasteiger partial charge in [0.25, 0.3) is 0 Å². The Balaban J connectivity index is 2.11. The van der Waals surface area contributed by atoms with Crippen molar-refractivity contribution in [3.8, 4) is 0 Å². The lowest BCUT2D eigenvalue weighted by Crippen LogP contribution is -2.45. The molecule has 3 atom stereocenters. The average molecular weight is 405 g/mol. The molecule has 0 aromatic heterocycles. The minimum Gasteiger partial charge on any atom is -0.391 e. The Labute approximate surface area is 179 Å². The van der Waals surface area contributed by atoms with Crippen molar-refractivity contribution in [2.24, 2.45) is 0 Å². The summed E-state index contributed by atoms with van der Waals surface area (Å²) in [4.78, 5) is 0. The Hall–Kier alpha value is -2.46. The van der Waals surface area contributed by atoms with Gasteiger partial charge in [0.15, 0.2) is 0 Å². The fraction of sp³-hybridized carbons (Fsp3) is 0.333. The van der Waals surface area contributed by atoms with Crippen LogP contribution in [-0.2, 0) is 5.41 Å². The minimum atomic E-state index is -0.998. The molecule has 0 heterocycles. The monoisotopic (exact) mass is 404 g/mol. The topological polar surface area (TPSA) is 60.7 Å². The quantitative estimate of drug-likeness (QED) is 0.430. The van der Waals surface area contributed by atoms with Crippen LogP contribution in [0.2, 0.25) is 0 Å². The zero-order valence-electron chi connectivity index (χ0n) is 17.6. The van der Waals surface area contributed by atoms with Gasteiger partial charge in [0.1, 0.15) is 0 Å². The molecule has 3 aromatic carbocycles. The lowest BCUT2D eigenvalue weighted by Gasteiger charge is -2.41. The zero-order chi connectivity index (χ0) is 21.4. The Kier molecular flexibility index (Phi) is 7.81. The molecule has 0 aliphatic carbocycles. The molecule has 0 amide bonds. The molecular weight excluding hydrogens is 372 g/mol. The van der Waals surface area contributed by atoms with Gasteiger partial charge in [-0.25, -0.2) is 0 Å². The number of unbranched alkanes of at least 4 members (excludes halogenated alkanes) is 1. The Bertz CT molecular complexity index is 768. The van der Waals surface area contributed by atoms with Gasteiger partial charge in [0.2, 0.25) is 0 Å². The van der Waals surface area contributed by atoms with E-state index in [4.69, 9.17) is 0 Å². The van der Waals surface area contributed by atoms with E-state index in [1.54, 1.807) is 0 Å². The SMILES string of the molecule is CCCCC(O)C(O)CC(O)C(c1ccccc1)(c1ccccc1)c1ccccc1. The van der Waals surface area contributed by atoms with Crippen LogP contribution in [0.15, 0.2) is 91.0 Å². The molecule has 158 valence electrons. The molecule has 0 spiro atoms. The number of hydrogen-bond acceptors (Lipinski definition) is 3. The van der Waals surface area contributed by atoms with Gasteiger partial charge >= 0.3 is 0 Å². The molecule has 3 N–H and O–H groups in total. The van der Waals surface area contributed by atoms with Crippen LogP contribution in [0, 0.1) is 0 Å². The van der Waals surface area contributed by atoms with Crippen LogP contribution in [0.3, 0.4) is 0 Å². The fourth-order valence-corrected chi connectivity index (χ4v) is 4.35. The summed E-state index contributed by atoms with van der Waals surface area (Å²) in [5, 5.41) is 32.8. The third-order valence-electron chi connectivity index (χ3n) is 5.95. The third kappa shape index (κ3) is 4.65. The largest absolute Gasteiger partial charge is 0.391 e. The highest BCUT2D eigenvalue weighted by Crippen LogP contribution is 2.43. The molecule has 3 rings (SSSR count). The second kappa shape index (κ2) is 10.5. The van der Waals surface area contributed by atoms with Crippen LogP contribution >= 0.6 is 0 Å². The smallest absolute Gasteiger partial charge is 0.0824 e. The predicted octanol–water partition coefficient (Wildman–Crippen LogP) is 4.68. The molecule has 0 bridgehead atoms. The fourth-order valence-electron chi connectivity index (χ4n) is 4.35. The molecule has 0 saturated heterocycles. The van der Waals surface area contributed by atoms with Crippen LogP contribution in [-0.4, -0.2) is 33.6 Å². The van der Waals surface area contributed by atoms with Gasteiger partial charge in [-0.2, -0.15) is 0 Å². The van der Waals surface area contributed by atoms with Crippen LogP contribution in [0.1, 0.15) is 49.3 Å². The molecule has 0 saturated carbocycles. The number of aliphatic hydroxyl groups is 3. The first-order chi connectivity index (χ1) is 14.6. The molecule has 3 heteroatoms. The van der Waals surface area contributed by atoms with Gasteiger partial charge in [-0.1, -0.05) is 111 Å². The summed E-state index contributed by atoms with van der Waals surface area (Å²) in [6.07, 6.45) is -0.384. The van der Waals surface area contributed by atoms with Crippen LogP contribution in [0.25, 0.3) is 0 Å². The van der Waals surface area contributed by atoms with Crippen molar-refractivity contribution in [1.82, 2.24) is 0 Å². The summed E-state index contributed by atoms with van der Waals surface area (Å²) >= 11 is 0. The first kappa shape index (κ1) is 22.2. The van der Waals surface area contributed by atoms with Gasteiger partial charge in [-0.05, 0) is 23.1 Å². The summed E-state index contributed by atoms with van der Waals surface area (Å²) < 4.78 is 0. The normalized spacial score (nSPS) is 14.8. The molecule has 0 radical (unpaired) electrons. The van der Waals surface area contributed by atoms with Crippen molar-refractivity contribution >= 4 is 0 Å². The van der Waals surface area contributed by atoms with E-state index in [0.717, 1.165) is 29.5 Å². The second-order valence-corrected chi connectivity index (χ2v) is 7.93. The van der Waals surface area contributed by atoms with E-state index in [-0.39, 0.29) is 6.42 Å². The standard InChI is InChI=1S/C27H32O3/c1-2-3-19-24(28)25(29)20-26(30)27(21-13-7-4-8-14-21,22-15-9-5-10-16-22)23-17-11-6-12-18-23/h4-18,24-26,28-30H,2-3,19-20H2,1H3. The first-order valence-corrected chi connectivity index (χ1v) is 10.8. The summed E-state index contributed by atoms with van der Waals surface area (Å²) in [7, 11) is 0. The van der Waals surface area contributed by atoms with Crippen molar-refractivity contribution in [3.05, 3.63) is 108 Å².